The average molecular weight is 378 g/mol. The summed E-state index contributed by atoms with van der Waals surface area (Å²) < 4.78 is 28.4. The van der Waals surface area contributed by atoms with E-state index in [4.69, 9.17) is 0 Å². The molecule has 1 aliphatic rings. The minimum Gasteiger partial charge on any atom is -0.375 e. The highest BCUT2D eigenvalue weighted by Crippen LogP contribution is 2.39. The Kier molecular flexibility index (Phi) is 4.40. The Bertz CT molecular complexity index is 1060. The fourth-order valence-corrected chi connectivity index (χ4v) is 4.90. The highest BCUT2D eigenvalue weighted by Gasteiger charge is 2.33. The maximum atomic E-state index is 13.4. The Morgan fingerprint density at radius 2 is 1.56 bits per heavy atom. The number of sulfonamides is 1. The predicted octanol–water partition coefficient (Wildman–Crippen LogP) is 4.67. The molecule has 1 atom stereocenters. The molecule has 0 saturated heterocycles. The standard InChI is InChI=1S/C22H22N2O2S/c1-16-8-11-19(12-9-16)27(25,26)24-15-21(18-6-4-3-5-7-18)23-20-13-10-17(2)14-22(20)24/h3-14,21,23H,15H2,1-2H3/t21-/m1/s1. The molecule has 3 aromatic rings. The van der Waals surface area contributed by atoms with Gasteiger partial charge in [-0.05, 0) is 49.2 Å². The van der Waals surface area contributed by atoms with E-state index >= 15 is 0 Å². The van der Waals surface area contributed by atoms with Crippen molar-refractivity contribution in [2.45, 2.75) is 24.8 Å². The van der Waals surface area contributed by atoms with Gasteiger partial charge in [0.2, 0.25) is 0 Å². The third-order valence-corrected chi connectivity index (χ3v) is 6.70. The molecule has 4 rings (SSSR count). The molecule has 3 aromatic carbocycles. The summed E-state index contributed by atoms with van der Waals surface area (Å²) in [5.74, 6) is 0. The summed E-state index contributed by atoms with van der Waals surface area (Å²) in [5, 5.41) is 3.50. The number of rotatable bonds is 3. The highest BCUT2D eigenvalue weighted by atomic mass is 32.2. The summed E-state index contributed by atoms with van der Waals surface area (Å²) in [4.78, 5) is 0.314. The summed E-state index contributed by atoms with van der Waals surface area (Å²) in [7, 11) is -3.66. The normalized spacial score (nSPS) is 16.5. The first-order valence-electron chi connectivity index (χ1n) is 8.97. The molecule has 0 bridgehead atoms. The Morgan fingerprint density at radius 1 is 0.889 bits per heavy atom. The lowest BCUT2D eigenvalue weighted by Gasteiger charge is -2.37. The lowest BCUT2D eigenvalue weighted by molar-refractivity contribution is 0.585. The van der Waals surface area contributed by atoms with Gasteiger partial charge < -0.3 is 5.32 Å². The van der Waals surface area contributed by atoms with Crippen LogP contribution in [0.2, 0.25) is 0 Å². The molecule has 0 saturated carbocycles. The van der Waals surface area contributed by atoms with Crippen molar-refractivity contribution in [1.29, 1.82) is 0 Å². The fourth-order valence-electron chi connectivity index (χ4n) is 3.41. The summed E-state index contributed by atoms with van der Waals surface area (Å²) in [5.41, 5.74) is 4.65. The summed E-state index contributed by atoms with van der Waals surface area (Å²) >= 11 is 0. The lowest BCUT2D eigenvalue weighted by Crippen LogP contribution is -2.40. The van der Waals surface area contributed by atoms with Crippen molar-refractivity contribution in [3.63, 3.8) is 0 Å². The van der Waals surface area contributed by atoms with Crippen molar-refractivity contribution in [3.8, 4) is 0 Å². The van der Waals surface area contributed by atoms with Crippen molar-refractivity contribution in [1.82, 2.24) is 0 Å². The van der Waals surface area contributed by atoms with E-state index < -0.39 is 10.0 Å². The molecule has 1 heterocycles. The number of hydrogen-bond acceptors (Lipinski definition) is 3. The van der Waals surface area contributed by atoms with Crippen LogP contribution in [0.1, 0.15) is 22.7 Å². The SMILES string of the molecule is Cc1ccc(S(=O)(=O)N2C[C@H](c3ccccc3)Nc3ccc(C)cc32)cc1. The zero-order valence-electron chi connectivity index (χ0n) is 15.4. The molecule has 138 valence electrons. The zero-order valence-corrected chi connectivity index (χ0v) is 16.2. The van der Waals surface area contributed by atoms with E-state index in [1.807, 2.05) is 74.5 Å². The molecule has 0 aromatic heterocycles. The van der Waals surface area contributed by atoms with Gasteiger partial charge in [0.1, 0.15) is 0 Å². The monoisotopic (exact) mass is 378 g/mol. The van der Waals surface area contributed by atoms with Gasteiger partial charge in [-0.1, -0.05) is 54.1 Å². The first-order valence-corrected chi connectivity index (χ1v) is 10.4. The second-order valence-corrected chi connectivity index (χ2v) is 8.84. The molecule has 0 aliphatic carbocycles. The Hall–Kier alpha value is -2.79. The van der Waals surface area contributed by atoms with Gasteiger partial charge in [0.15, 0.2) is 0 Å². The molecule has 27 heavy (non-hydrogen) atoms. The summed E-state index contributed by atoms with van der Waals surface area (Å²) in [6.07, 6.45) is 0. The maximum Gasteiger partial charge on any atom is 0.264 e. The fraction of sp³-hybridized carbons (Fsp3) is 0.182. The van der Waals surface area contributed by atoms with Crippen LogP contribution in [0, 0.1) is 13.8 Å². The van der Waals surface area contributed by atoms with Crippen LogP contribution >= 0.6 is 0 Å². The minimum atomic E-state index is -3.66. The lowest BCUT2D eigenvalue weighted by atomic mass is 10.0. The van der Waals surface area contributed by atoms with Gasteiger partial charge in [0, 0.05) is 0 Å². The van der Waals surface area contributed by atoms with Gasteiger partial charge in [-0.2, -0.15) is 0 Å². The van der Waals surface area contributed by atoms with Crippen LogP contribution in [0.5, 0.6) is 0 Å². The number of fused-ring (bicyclic) bond motifs is 1. The minimum absolute atomic E-state index is 0.110. The maximum absolute atomic E-state index is 13.4. The first-order chi connectivity index (χ1) is 12.9. The average Bonchev–Trinajstić information content (AvgIpc) is 2.68. The van der Waals surface area contributed by atoms with Crippen molar-refractivity contribution in [2.75, 3.05) is 16.2 Å². The zero-order chi connectivity index (χ0) is 19.0. The number of aryl methyl sites for hydroxylation is 2. The quantitative estimate of drug-likeness (QED) is 0.721. The van der Waals surface area contributed by atoms with Crippen LogP contribution in [-0.2, 0) is 10.0 Å². The second kappa shape index (κ2) is 6.74. The second-order valence-electron chi connectivity index (χ2n) is 6.98. The van der Waals surface area contributed by atoms with Gasteiger partial charge in [-0.15, -0.1) is 0 Å². The number of anilines is 2. The van der Waals surface area contributed by atoms with Gasteiger partial charge >= 0.3 is 0 Å². The van der Waals surface area contributed by atoms with Crippen molar-refractivity contribution in [2.24, 2.45) is 0 Å². The molecule has 0 amide bonds. The Labute approximate surface area is 160 Å². The van der Waals surface area contributed by atoms with Crippen LogP contribution in [0.15, 0.2) is 77.7 Å². The molecular weight excluding hydrogens is 356 g/mol. The number of benzene rings is 3. The predicted molar refractivity (Wildman–Crippen MR) is 110 cm³/mol. The Morgan fingerprint density at radius 3 is 2.26 bits per heavy atom. The van der Waals surface area contributed by atoms with E-state index in [1.54, 1.807) is 12.1 Å². The molecule has 4 nitrogen and oxygen atoms in total. The number of nitrogens with zero attached hydrogens (tertiary/aromatic N) is 1. The third kappa shape index (κ3) is 3.30. The molecule has 1 aliphatic heterocycles. The molecule has 0 spiro atoms. The van der Waals surface area contributed by atoms with Gasteiger partial charge in [-0.3, -0.25) is 4.31 Å². The van der Waals surface area contributed by atoms with Gasteiger partial charge in [0.25, 0.3) is 10.0 Å². The molecule has 0 radical (unpaired) electrons. The number of nitrogens with one attached hydrogen (secondary N) is 1. The highest BCUT2D eigenvalue weighted by molar-refractivity contribution is 7.92. The Balaban J connectivity index is 1.82. The van der Waals surface area contributed by atoms with Crippen LogP contribution in [-0.4, -0.2) is 15.0 Å². The van der Waals surface area contributed by atoms with Crippen molar-refractivity contribution < 1.29 is 8.42 Å². The van der Waals surface area contributed by atoms with E-state index in [0.29, 0.717) is 17.1 Å². The van der Waals surface area contributed by atoms with Gasteiger partial charge in [0.05, 0.1) is 28.9 Å². The van der Waals surface area contributed by atoms with E-state index in [1.165, 1.54) is 4.31 Å². The summed E-state index contributed by atoms with van der Waals surface area (Å²) in [6.45, 7) is 4.27. The summed E-state index contributed by atoms with van der Waals surface area (Å²) in [6, 6.07) is 22.7. The van der Waals surface area contributed by atoms with Crippen LogP contribution in [0.3, 0.4) is 0 Å². The largest absolute Gasteiger partial charge is 0.375 e. The number of hydrogen-bond donors (Lipinski definition) is 1. The van der Waals surface area contributed by atoms with Gasteiger partial charge in [-0.25, -0.2) is 8.42 Å². The molecular formula is C22H22N2O2S. The third-order valence-electron chi connectivity index (χ3n) is 4.91. The van der Waals surface area contributed by atoms with E-state index in [9.17, 15) is 8.42 Å². The van der Waals surface area contributed by atoms with Crippen LogP contribution in [0.25, 0.3) is 0 Å². The van der Waals surface area contributed by atoms with Crippen LogP contribution < -0.4 is 9.62 Å². The van der Waals surface area contributed by atoms with E-state index in [-0.39, 0.29) is 6.04 Å². The van der Waals surface area contributed by atoms with Crippen molar-refractivity contribution >= 4 is 21.4 Å². The van der Waals surface area contributed by atoms with E-state index in [0.717, 1.165) is 22.4 Å². The molecule has 5 heteroatoms. The first kappa shape index (κ1) is 17.6. The molecule has 0 fully saturated rings. The van der Waals surface area contributed by atoms with E-state index in [2.05, 4.69) is 5.32 Å². The molecule has 0 unspecified atom stereocenters. The van der Waals surface area contributed by atoms with Crippen molar-refractivity contribution in [3.05, 3.63) is 89.5 Å². The topological polar surface area (TPSA) is 49.4 Å². The van der Waals surface area contributed by atoms with Crippen LogP contribution in [0.4, 0.5) is 11.4 Å². The smallest absolute Gasteiger partial charge is 0.264 e. The molecule has 1 N–H and O–H groups in total.